The molecule has 0 saturated carbocycles. The van der Waals surface area contributed by atoms with Gasteiger partial charge >= 0.3 is 6.18 Å². The largest absolute Gasteiger partial charge is 0.497 e. The topological polar surface area (TPSA) is 9.23 Å². The van der Waals surface area contributed by atoms with Crippen LogP contribution in [0.3, 0.4) is 0 Å². The molecule has 0 atom stereocenters. The summed E-state index contributed by atoms with van der Waals surface area (Å²) in [6.07, 6.45) is -4.32. The Balaban J connectivity index is 0.000000956. The summed E-state index contributed by atoms with van der Waals surface area (Å²) in [5.41, 5.74) is 0.616. The van der Waals surface area contributed by atoms with Gasteiger partial charge in [0, 0.05) is 0 Å². The minimum atomic E-state index is -4.32. The highest BCUT2D eigenvalue weighted by Gasteiger charge is 2.30. The third-order valence-electron chi connectivity index (χ3n) is 2.61. The van der Waals surface area contributed by atoms with Gasteiger partial charge in [0.15, 0.2) is 0 Å². The minimum absolute atomic E-state index is 0.535. The van der Waals surface area contributed by atoms with Crippen molar-refractivity contribution in [2.75, 3.05) is 7.11 Å². The Morgan fingerprint density at radius 2 is 1.45 bits per heavy atom. The van der Waals surface area contributed by atoms with Crippen molar-refractivity contribution in [1.29, 1.82) is 0 Å². The summed E-state index contributed by atoms with van der Waals surface area (Å²) in [6, 6.07) is 12.2. The molecule has 2 rings (SSSR count). The van der Waals surface area contributed by atoms with Gasteiger partial charge in [-0.15, -0.1) is 0 Å². The Labute approximate surface area is 117 Å². The number of ether oxygens (including phenoxy) is 1. The SMILES string of the molecule is CC.COc1ccc(-c2cccc(C(F)(F)F)c2)cc1. The van der Waals surface area contributed by atoms with Gasteiger partial charge in [0.05, 0.1) is 12.7 Å². The molecule has 0 aliphatic heterocycles. The van der Waals surface area contributed by atoms with E-state index in [-0.39, 0.29) is 0 Å². The Morgan fingerprint density at radius 1 is 0.850 bits per heavy atom. The lowest BCUT2D eigenvalue weighted by molar-refractivity contribution is -0.137. The fourth-order valence-corrected chi connectivity index (χ4v) is 1.66. The predicted octanol–water partition coefficient (Wildman–Crippen LogP) is 5.41. The number of benzene rings is 2. The maximum Gasteiger partial charge on any atom is 0.416 e. The number of methoxy groups -OCH3 is 1. The molecule has 20 heavy (non-hydrogen) atoms. The van der Waals surface area contributed by atoms with E-state index in [0.29, 0.717) is 11.3 Å². The Hall–Kier alpha value is -1.97. The molecule has 0 bridgehead atoms. The predicted molar refractivity (Wildman–Crippen MR) is 74.8 cm³/mol. The molecule has 0 unspecified atom stereocenters. The van der Waals surface area contributed by atoms with E-state index in [2.05, 4.69) is 0 Å². The number of hydrogen-bond acceptors (Lipinski definition) is 1. The van der Waals surface area contributed by atoms with E-state index < -0.39 is 11.7 Å². The van der Waals surface area contributed by atoms with Crippen LogP contribution in [-0.4, -0.2) is 7.11 Å². The molecule has 0 aliphatic carbocycles. The molecule has 1 nitrogen and oxygen atoms in total. The van der Waals surface area contributed by atoms with Crippen LogP contribution >= 0.6 is 0 Å². The summed E-state index contributed by atoms with van der Waals surface area (Å²) in [7, 11) is 1.54. The van der Waals surface area contributed by atoms with Gasteiger partial charge in [-0.3, -0.25) is 0 Å². The maximum atomic E-state index is 12.6. The lowest BCUT2D eigenvalue weighted by Gasteiger charge is -2.09. The molecular formula is C16H17F3O. The monoisotopic (exact) mass is 282 g/mol. The van der Waals surface area contributed by atoms with E-state index >= 15 is 0 Å². The van der Waals surface area contributed by atoms with Crippen LogP contribution in [0.25, 0.3) is 11.1 Å². The van der Waals surface area contributed by atoms with Gasteiger partial charge in [0.1, 0.15) is 5.75 Å². The van der Waals surface area contributed by atoms with E-state index in [9.17, 15) is 13.2 Å². The zero-order chi connectivity index (χ0) is 15.2. The molecule has 0 saturated heterocycles. The lowest BCUT2D eigenvalue weighted by atomic mass is 10.0. The van der Waals surface area contributed by atoms with E-state index in [1.807, 2.05) is 13.8 Å². The minimum Gasteiger partial charge on any atom is -0.497 e. The first-order valence-electron chi connectivity index (χ1n) is 6.32. The maximum absolute atomic E-state index is 12.6. The molecule has 2 aromatic carbocycles. The molecule has 0 amide bonds. The molecule has 0 heterocycles. The van der Waals surface area contributed by atoms with Gasteiger partial charge in [0.25, 0.3) is 0 Å². The van der Waals surface area contributed by atoms with Crippen molar-refractivity contribution in [3.05, 3.63) is 54.1 Å². The highest BCUT2D eigenvalue weighted by molar-refractivity contribution is 5.65. The lowest BCUT2D eigenvalue weighted by Crippen LogP contribution is -2.04. The summed E-state index contributed by atoms with van der Waals surface area (Å²) in [5.74, 6) is 0.672. The Kier molecular flexibility index (Phi) is 5.62. The van der Waals surface area contributed by atoms with E-state index in [1.165, 1.54) is 6.07 Å². The molecule has 108 valence electrons. The van der Waals surface area contributed by atoms with Crippen LogP contribution in [0.4, 0.5) is 13.2 Å². The van der Waals surface area contributed by atoms with Crippen molar-refractivity contribution in [2.24, 2.45) is 0 Å². The van der Waals surface area contributed by atoms with Gasteiger partial charge in [-0.1, -0.05) is 38.1 Å². The number of rotatable bonds is 2. The van der Waals surface area contributed by atoms with E-state index in [1.54, 1.807) is 37.4 Å². The number of halogens is 3. The fraction of sp³-hybridized carbons (Fsp3) is 0.250. The zero-order valence-electron chi connectivity index (χ0n) is 11.7. The molecule has 0 N–H and O–H groups in total. The standard InChI is InChI=1S/C14H11F3O.C2H6/c1-18-13-7-5-10(6-8-13)11-3-2-4-12(9-11)14(15,16)17;1-2/h2-9H,1H3;1-2H3. The van der Waals surface area contributed by atoms with Gasteiger partial charge < -0.3 is 4.74 Å². The van der Waals surface area contributed by atoms with Crippen LogP contribution in [0.1, 0.15) is 19.4 Å². The molecule has 0 aliphatic rings. The molecule has 0 radical (unpaired) electrons. The third-order valence-corrected chi connectivity index (χ3v) is 2.61. The average Bonchev–Trinajstić information content (AvgIpc) is 2.49. The zero-order valence-corrected chi connectivity index (χ0v) is 11.7. The number of alkyl halides is 3. The average molecular weight is 282 g/mol. The van der Waals surface area contributed by atoms with Crippen molar-refractivity contribution in [1.82, 2.24) is 0 Å². The smallest absolute Gasteiger partial charge is 0.416 e. The van der Waals surface area contributed by atoms with E-state index in [4.69, 9.17) is 4.74 Å². The van der Waals surface area contributed by atoms with Crippen molar-refractivity contribution < 1.29 is 17.9 Å². The molecule has 0 aromatic heterocycles. The second kappa shape index (κ2) is 6.98. The molecule has 4 heteroatoms. The Bertz CT molecular complexity index is 530. The first-order valence-corrected chi connectivity index (χ1v) is 6.32. The quantitative estimate of drug-likeness (QED) is 0.716. The molecule has 0 spiro atoms. The number of hydrogen-bond donors (Lipinski definition) is 0. The van der Waals surface area contributed by atoms with Gasteiger partial charge in [-0.05, 0) is 35.4 Å². The summed E-state index contributed by atoms with van der Waals surface area (Å²) in [5, 5.41) is 0. The highest BCUT2D eigenvalue weighted by atomic mass is 19.4. The molecule has 0 fully saturated rings. The summed E-state index contributed by atoms with van der Waals surface area (Å²) in [4.78, 5) is 0. The fourth-order valence-electron chi connectivity index (χ4n) is 1.66. The van der Waals surface area contributed by atoms with Gasteiger partial charge in [-0.25, -0.2) is 0 Å². The van der Waals surface area contributed by atoms with Crippen molar-refractivity contribution in [2.45, 2.75) is 20.0 Å². The van der Waals surface area contributed by atoms with Crippen LogP contribution in [0, 0.1) is 0 Å². The van der Waals surface area contributed by atoms with Crippen LogP contribution in [0.2, 0.25) is 0 Å². The van der Waals surface area contributed by atoms with Crippen molar-refractivity contribution in [3.8, 4) is 16.9 Å². The first kappa shape index (κ1) is 16.1. The van der Waals surface area contributed by atoms with Gasteiger partial charge in [-0.2, -0.15) is 13.2 Å². The summed E-state index contributed by atoms with van der Waals surface area (Å²) < 4.78 is 42.7. The Morgan fingerprint density at radius 3 is 1.95 bits per heavy atom. The van der Waals surface area contributed by atoms with Crippen LogP contribution in [0.15, 0.2) is 48.5 Å². The second-order valence-electron chi connectivity index (χ2n) is 3.81. The first-order chi connectivity index (χ1) is 9.50. The third kappa shape index (κ3) is 4.02. The molecular weight excluding hydrogens is 265 g/mol. The van der Waals surface area contributed by atoms with Gasteiger partial charge in [0.2, 0.25) is 0 Å². The second-order valence-corrected chi connectivity index (χ2v) is 3.81. The van der Waals surface area contributed by atoms with Crippen LogP contribution in [0.5, 0.6) is 5.75 Å². The summed E-state index contributed by atoms with van der Waals surface area (Å²) in [6.45, 7) is 4.00. The van der Waals surface area contributed by atoms with Crippen LogP contribution in [-0.2, 0) is 6.18 Å². The van der Waals surface area contributed by atoms with Crippen LogP contribution < -0.4 is 4.74 Å². The highest BCUT2D eigenvalue weighted by Crippen LogP contribution is 2.32. The normalized spacial score (nSPS) is 10.5. The van der Waals surface area contributed by atoms with Crippen molar-refractivity contribution >= 4 is 0 Å². The van der Waals surface area contributed by atoms with E-state index in [0.717, 1.165) is 17.7 Å². The summed E-state index contributed by atoms with van der Waals surface area (Å²) >= 11 is 0. The molecule has 2 aromatic rings. The van der Waals surface area contributed by atoms with Crippen molar-refractivity contribution in [3.63, 3.8) is 0 Å².